The fourth-order valence-corrected chi connectivity index (χ4v) is 2.99. The molecule has 8 heteroatoms. The molecule has 0 unspecified atom stereocenters. The number of amides is 3. The van der Waals surface area contributed by atoms with Crippen LogP contribution in [0, 0.1) is 0 Å². The summed E-state index contributed by atoms with van der Waals surface area (Å²) in [6.45, 7) is 3.73. The first-order valence-corrected chi connectivity index (χ1v) is 8.20. The minimum Gasteiger partial charge on any atom is -0.324 e. The minimum absolute atomic E-state index is 0.203. The monoisotopic (exact) mass is 331 g/mol. The Morgan fingerprint density at radius 2 is 1.96 bits per heavy atom. The Morgan fingerprint density at radius 1 is 1.22 bits per heavy atom. The zero-order chi connectivity index (χ0) is 16.4. The first kappa shape index (κ1) is 15.5. The number of carbonyl (C=O) groups excluding carboxylic acids is 2. The number of aromatic nitrogens is 3. The highest BCUT2D eigenvalue weighted by atomic mass is 32.2. The molecular formula is C15H17N5O2S. The van der Waals surface area contributed by atoms with Crippen LogP contribution in [0.3, 0.4) is 0 Å². The molecule has 1 N–H and O–H groups in total. The Labute approximate surface area is 138 Å². The van der Waals surface area contributed by atoms with Crippen LogP contribution in [-0.4, -0.2) is 49.4 Å². The van der Waals surface area contributed by atoms with Gasteiger partial charge in [-0.15, -0.1) is 5.10 Å². The molecule has 0 radical (unpaired) electrons. The average molecular weight is 331 g/mol. The maximum atomic E-state index is 12.1. The number of hydrogen-bond donors (Lipinski definition) is 1. The number of thioether (sulfide) groups is 1. The molecule has 1 aliphatic rings. The van der Waals surface area contributed by atoms with E-state index in [2.05, 4.69) is 15.4 Å². The lowest BCUT2D eigenvalue weighted by Gasteiger charge is -2.15. The zero-order valence-corrected chi connectivity index (χ0v) is 13.7. The summed E-state index contributed by atoms with van der Waals surface area (Å²) in [5, 5.41) is 7.65. The van der Waals surface area contributed by atoms with Crippen LogP contribution < -0.4 is 5.32 Å². The van der Waals surface area contributed by atoms with Gasteiger partial charge in [0.05, 0.1) is 5.69 Å². The number of hydrogen-bond acceptors (Lipinski definition) is 5. The van der Waals surface area contributed by atoms with Crippen LogP contribution in [0.5, 0.6) is 0 Å². The largest absolute Gasteiger partial charge is 0.325 e. The van der Waals surface area contributed by atoms with Crippen molar-refractivity contribution in [1.82, 2.24) is 25.0 Å². The molecule has 0 saturated carbocycles. The molecule has 0 bridgehead atoms. The Hall–Kier alpha value is -2.35. The molecule has 1 aromatic heterocycles. The quantitative estimate of drug-likeness (QED) is 0.666. The zero-order valence-electron chi connectivity index (χ0n) is 12.9. The van der Waals surface area contributed by atoms with Crippen LogP contribution in [0.4, 0.5) is 4.79 Å². The lowest BCUT2D eigenvalue weighted by molar-refractivity contribution is -0.130. The number of imide groups is 1. The second kappa shape index (κ2) is 6.04. The number of para-hydroxylation sites is 1. The van der Waals surface area contributed by atoms with Gasteiger partial charge in [-0.2, -0.15) is 0 Å². The summed E-state index contributed by atoms with van der Waals surface area (Å²) in [4.78, 5) is 29.3. The highest BCUT2D eigenvalue weighted by molar-refractivity contribution is 7.99. The molecule has 0 aliphatic carbocycles. The summed E-state index contributed by atoms with van der Waals surface area (Å²) >= 11 is 1.41. The van der Waals surface area contributed by atoms with Gasteiger partial charge in [0.25, 0.3) is 5.91 Å². The lowest BCUT2D eigenvalue weighted by atomic mass is 10.1. The van der Waals surface area contributed by atoms with Crippen molar-refractivity contribution in [3.8, 4) is 5.69 Å². The van der Waals surface area contributed by atoms with Gasteiger partial charge >= 0.3 is 6.03 Å². The Balaban J connectivity index is 1.57. The Bertz CT molecular complexity index is 728. The molecule has 1 aromatic carbocycles. The fourth-order valence-electron chi connectivity index (χ4n) is 2.27. The fraction of sp³-hybridized carbons (Fsp3) is 0.333. The molecule has 1 aliphatic heterocycles. The van der Waals surface area contributed by atoms with Crippen molar-refractivity contribution in [2.45, 2.75) is 24.5 Å². The molecule has 0 spiro atoms. The average Bonchev–Trinajstić information content (AvgIpc) is 3.06. The molecule has 1 saturated heterocycles. The van der Waals surface area contributed by atoms with Gasteiger partial charge < -0.3 is 5.32 Å². The lowest BCUT2D eigenvalue weighted by Crippen LogP contribution is -2.40. The molecule has 23 heavy (non-hydrogen) atoms. The summed E-state index contributed by atoms with van der Waals surface area (Å²) in [5.41, 5.74) is 0.109. The molecular weight excluding hydrogens is 314 g/mol. The van der Waals surface area contributed by atoms with Gasteiger partial charge in [0, 0.05) is 12.3 Å². The van der Waals surface area contributed by atoms with E-state index in [1.54, 1.807) is 24.9 Å². The number of urea groups is 1. The maximum Gasteiger partial charge on any atom is 0.325 e. The smallest absolute Gasteiger partial charge is 0.324 e. The maximum absolute atomic E-state index is 12.1. The van der Waals surface area contributed by atoms with Crippen molar-refractivity contribution in [2.75, 3.05) is 12.3 Å². The Morgan fingerprint density at radius 3 is 2.61 bits per heavy atom. The first-order valence-electron chi connectivity index (χ1n) is 7.21. The molecule has 2 aromatic rings. The standard InChI is InChI=1S/C15H17N5O2S/c1-15(2)12(21)19(14(22)17-15)8-9-23-13-16-10-20(18-13)11-6-4-3-5-7-11/h3-7,10H,8-9H2,1-2H3,(H,17,22). The number of benzene rings is 1. The first-order chi connectivity index (χ1) is 11.0. The van der Waals surface area contributed by atoms with Crippen LogP contribution in [0.25, 0.3) is 5.69 Å². The van der Waals surface area contributed by atoms with Crippen molar-refractivity contribution in [3.63, 3.8) is 0 Å². The van der Waals surface area contributed by atoms with Gasteiger partial charge in [-0.25, -0.2) is 14.5 Å². The third kappa shape index (κ3) is 3.21. The molecule has 1 fully saturated rings. The van der Waals surface area contributed by atoms with E-state index in [0.717, 1.165) is 5.69 Å². The van der Waals surface area contributed by atoms with Crippen molar-refractivity contribution < 1.29 is 9.59 Å². The van der Waals surface area contributed by atoms with Crippen LogP contribution in [0.2, 0.25) is 0 Å². The van der Waals surface area contributed by atoms with E-state index in [1.165, 1.54) is 16.7 Å². The van der Waals surface area contributed by atoms with E-state index in [1.807, 2.05) is 30.3 Å². The van der Waals surface area contributed by atoms with Gasteiger partial charge in [0.1, 0.15) is 11.9 Å². The topological polar surface area (TPSA) is 80.1 Å². The molecule has 3 amide bonds. The van der Waals surface area contributed by atoms with E-state index in [4.69, 9.17) is 0 Å². The second-order valence-electron chi connectivity index (χ2n) is 5.67. The summed E-state index contributed by atoms with van der Waals surface area (Å²) in [7, 11) is 0. The van der Waals surface area contributed by atoms with Crippen LogP contribution >= 0.6 is 11.8 Å². The summed E-state index contributed by atoms with van der Waals surface area (Å²) in [5.74, 6) is 0.347. The number of carbonyl (C=O) groups is 2. The van der Waals surface area contributed by atoms with Crippen molar-refractivity contribution >= 4 is 23.7 Å². The minimum atomic E-state index is -0.825. The van der Waals surface area contributed by atoms with Gasteiger partial charge in [0.2, 0.25) is 5.16 Å². The van der Waals surface area contributed by atoms with E-state index in [9.17, 15) is 9.59 Å². The third-order valence-corrected chi connectivity index (χ3v) is 4.31. The predicted octanol–water partition coefficient (Wildman–Crippen LogP) is 1.69. The van der Waals surface area contributed by atoms with E-state index < -0.39 is 5.54 Å². The van der Waals surface area contributed by atoms with E-state index in [-0.39, 0.29) is 11.9 Å². The molecule has 0 atom stereocenters. The second-order valence-corrected chi connectivity index (χ2v) is 6.73. The van der Waals surface area contributed by atoms with Gasteiger partial charge in [-0.05, 0) is 26.0 Å². The van der Waals surface area contributed by atoms with Crippen LogP contribution in [0.15, 0.2) is 41.8 Å². The van der Waals surface area contributed by atoms with Crippen molar-refractivity contribution in [3.05, 3.63) is 36.7 Å². The molecule has 2 heterocycles. The normalized spacial score (nSPS) is 16.7. The molecule has 120 valence electrons. The summed E-state index contributed by atoms with van der Waals surface area (Å²) < 4.78 is 1.69. The van der Waals surface area contributed by atoms with Gasteiger partial charge in [0.15, 0.2) is 0 Å². The van der Waals surface area contributed by atoms with Crippen molar-refractivity contribution in [2.24, 2.45) is 0 Å². The SMILES string of the molecule is CC1(C)NC(=O)N(CCSc2ncn(-c3ccccc3)n2)C1=O. The van der Waals surface area contributed by atoms with Crippen LogP contribution in [-0.2, 0) is 4.79 Å². The number of rotatable bonds is 5. The third-order valence-electron chi connectivity index (χ3n) is 3.48. The summed E-state index contributed by atoms with van der Waals surface area (Å²) in [6.07, 6.45) is 1.65. The number of nitrogens with zero attached hydrogens (tertiary/aromatic N) is 4. The van der Waals surface area contributed by atoms with Crippen LogP contribution in [0.1, 0.15) is 13.8 Å². The van der Waals surface area contributed by atoms with E-state index in [0.29, 0.717) is 17.5 Å². The highest BCUT2D eigenvalue weighted by Crippen LogP contribution is 2.19. The molecule has 7 nitrogen and oxygen atoms in total. The van der Waals surface area contributed by atoms with Crippen molar-refractivity contribution in [1.29, 1.82) is 0 Å². The highest BCUT2D eigenvalue weighted by Gasteiger charge is 2.43. The van der Waals surface area contributed by atoms with Gasteiger partial charge in [-0.3, -0.25) is 9.69 Å². The Kier molecular flexibility index (Phi) is 4.08. The van der Waals surface area contributed by atoms with Gasteiger partial charge in [-0.1, -0.05) is 30.0 Å². The number of nitrogens with one attached hydrogen (secondary N) is 1. The molecule has 3 rings (SSSR count). The summed E-state index contributed by atoms with van der Waals surface area (Å²) in [6, 6.07) is 9.35. The van der Waals surface area contributed by atoms with E-state index >= 15 is 0 Å². The predicted molar refractivity (Wildman–Crippen MR) is 86.4 cm³/mol.